The van der Waals surface area contributed by atoms with E-state index in [1.807, 2.05) is 30.7 Å². The average molecular weight is 253 g/mol. The summed E-state index contributed by atoms with van der Waals surface area (Å²) in [7, 11) is 0. The molecule has 2 N–H and O–H groups in total. The van der Waals surface area contributed by atoms with Gasteiger partial charge >= 0.3 is 5.97 Å². The van der Waals surface area contributed by atoms with Gasteiger partial charge in [0.15, 0.2) is 0 Å². The highest BCUT2D eigenvalue weighted by Gasteiger charge is 2.65. The highest BCUT2D eigenvalue weighted by molar-refractivity contribution is 7.07. The topological polar surface area (TPSA) is 66.4 Å². The Balaban J connectivity index is 1.92. The third kappa shape index (κ3) is 2.20. The van der Waals surface area contributed by atoms with Crippen LogP contribution in [0, 0.1) is 17.3 Å². The van der Waals surface area contributed by atoms with E-state index in [1.54, 1.807) is 11.3 Å². The first-order chi connectivity index (χ1) is 7.94. The van der Waals surface area contributed by atoms with Gasteiger partial charge in [0.25, 0.3) is 0 Å². The van der Waals surface area contributed by atoms with Gasteiger partial charge in [-0.2, -0.15) is 11.3 Å². The van der Waals surface area contributed by atoms with Crippen LogP contribution in [0.2, 0.25) is 0 Å². The second-order valence-corrected chi connectivity index (χ2v) is 5.74. The Morgan fingerprint density at radius 2 is 2.18 bits per heavy atom. The van der Waals surface area contributed by atoms with E-state index >= 15 is 0 Å². The quantitative estimate of drug-likeness (QED) is 0.858. The van der Waals surface area contributed by atoms with Gasteiger partial charge in [-0.05, 0) is 27.8 Å². The molecule has 4 nitrogen and oxygen atoms in total. The van der Waals surface area contributed by atoms with Gasteiger partial charge in [0, 0.05) is 6.54 Å². The Bertz CT molecular complexity index is 439. The number of nitrogens with one attached hydrogen (secondary N) is 1. The zero-order valence-electron chi connectivity index (χ0n) is 9.77. The summed E-state index contributed by atoms with van der Waals surface area (Å²) in [5.41, 5.74) is 0.624. The van der Waals surface area contributed by atoms with Crippen LogP contribution in [0.4, 0.5) is 0 Å². The van der Waals surface area contributed by atoms with Crippen molar-refractivity contribution in [3.05, 3.63) is 22.4 Å². The number of rotatable bonds is 4. The maximum absolute atomic E-state index is 11.9. The molecule has 1 saturated carbocycles. The Kier molecular flexibility index (Phi) is 2.95. The SMILES string of the molecule is CC1(C)[C@H](C(=O)O)[C@@H]1C(=O)NCc1ccsc1. The van der Waals surface area contributed by atoms with Crippen molar-refractivity contribution in [3.63, 3.8) is 0 Å². The minimum atomic E-state index is -0.884. The molecule has 0 saturated heterocycles. The van der Waals surface area contributed by atoms with Crippen LogP contribution in [0.25, 0.3) is 0 Å². The minimum Gasteiger partial charge on any atom is -0.481 e. The fourth-order valence-electron chi connectivity index (χ4n) is 2.28. The number of amides is 1. The number of aliphatic carboxylic acids is 1. The molecular formula is C12H15NO3S. The summed E-state index contributed by atoms with van der Waals surface area (Å²) in [5.74, 6) is -2.00. The summed E-state index contributed by atoms with van der Waals surface area (Å²) in [6, 6.07) is 1.94. The molecule has 1 fully saturated rings. The molecule has 0 aromatic carbocycles. The van der Waals surface area contributed by atoms with E-state index in [4.69, 9.17) is 5.11 Å². The van der Waals surface area contributed by atoms with Crippen LogP contribution in [0.5, 0.6) is 0 Å². The van der Waals surface area contributed by atoms with E-state index in [0.717, 1.165) is 5.56 Å². The van der Waals surface area contributed by atoms with Crippen molar-refractivity contribution in [2.45, 2.75) is 20.4 Å². The Morgan fingerprint density at radius 3 is 2.65 bits per heavy atom. The summed E-state index contributed by atoms with van der Waals surface area (Å²) in [4.78, 5) is 22.8. The lowest BCUT2D eigenvalue weighted by molar-refractivity contribution is -0.140. The summed E-state index contributed by atoms with van der Waals surface area (Å²) in [5, 5.41) is 15.7. The van der Waals surface area contributed by atoms with E-state index in [0.29, 0.717) is 6.54 Å². The number of hydrogen-bond acceptors (Lipinski definition) is 3. The van der Waals surface area contributed by atoms with E-state index in [-0.39, 0.29) is 5.91 Å². The van der Waals surface area contributed by atoms with Crippen molar-refractivity contribution in [2.24, 2.45) is 17.3 Å². The molecule has 0 unspecified atom stereocenters. The first kappa shape index (κ1) is 12.1. The zero-order valence-corrected chi connectivity index (χ0v) is 10.6. The molecule has 0 spiro atoms. The monoisotopic (exact) mass is 253 g/mol. The van der Waals surface area contributed by atoms with Crippen LogP contribution in [0.15, 0.2) is 16.8 Å². The largest absolute Gasteiger partial charge is 0.481 e. The number of carboxylic acids is 1. The fraction of sp³-hybridized carbons (Fsp3) is 0.500. The van der Waals surface area contributed by atoms with Gasteiger partial charge in [-0.25, -0.2) is 0 Å². The molecule has 2 rings (SSSR count). The fourth-order valence-corrected chi connectivity index (χ4v) is 2.95. The third-order valence-corrected chi connectivity index (χ3v) is 4.15. The number of carboxylic acid groups (broad SMARTS) is 1. The third-order valence-electron chi connectivity index (χ3n) is 3.42. The number of hydrogen-bond donors (Lipinski definition) is 2. The lowest BCUT2D eigenvalue weighted by atomic mass is 10.1. The molecule has 1 heterocycles. The van der Waals surface area contributed by atoms with Gasteiger partial charge in [0.1, 0.15) is 0 Å². The zero-order chi connectivity index (χ0) is 12.6. The molecule has 1 amide bonds. The van der Waals surface area contributed by atoms with Crippen LogP contribution >= 0.6 is 11.3 Å². The van der Waals surface area contributed by atoms with Crippen LogP contribution in [0.3, 0.4) is 0 Å². The number of thiophene rings is 1. The summed E-state index contributed by atoms with van der Waals surface area (Å²) >= 11 is 1.58. The predicted molar refractivity (Wildman–Crippen MR) is 64.6 cm³/mol. The van der Waals surface area contributed by atoms with Gasteiger partial charge < -0.3 is 10.4 Å². The van der Waals surface area contributed by atoms with Crippen LogP contribution < -0.4 is 5.32 Å². The van der Waals surface area contributed by atoms with Gasteiger partial charge in [-0.15, -0.1) is 0 Å². The minimum absolute atomic E-state index is 0.159. The highest BCUT2D eigenvalue weighted by Crippen LogP contribution is 2.58. The molecule has 92 valence electrons. The predicted octanol–water partition coefficient (Wildman–Crippen LogP) is 1.72. The molecule has 0 bridgehead atoms. The molecule has 0 radical (unpaired) electrons. The summed E-state index contributed by atoms with van der Waals surface area (Å²) in [6.45, 7) is 4.11. The van der Waals surface area contributed by atoms with Crippen molar-refractivity contribution >= 4 is 23.2 Å². The lowest BCUT2D eigenvalue weighted by Gasteiger charge is -2.04. The van der Waals surface area contributed by atoms with E-state index < -0.39 is 23.2 Å². The molecule has 2 atom stereocenters. The van der Waals surface area contributed by atoms with Crippen molar-refractivity contribution in [2.75, 3.05) is 0 Å². The summed E-state index contributed by atoms with van der Waals surface area (Å²) in [6.07, 6.45) is 0. The number of carbonyl (C=O) groups is 2. The van der Waals surface area contributed by atoms with Crippen molar-refractivity contribution in [1.29, 1.82) is 0 Å². The van der Waals surface area contributed by atoms with Gasteiger partial charge in [0.05, 0.1) is 11.8 Å². The maximum atomic E-state index is 11.9. The van der Waals surface area contributed by atoms with Gasteiger partial charge in [-0.1, -0.05) is 13.8 Å². The van der Waals surface area contributed by atoms with Crippen LogP contribution in [0.1, 0.15) is 19.4 Å². The van der Waals surface area contributed by atoms with Crippen molar-refractivity contribution < 1.29 is 14.7 Å². The smallest absolute Gasteiger partial charge is 0.307 e. The van der Waals surface area contributed by atoms with Gasteiger partial charge in [0.2, 0.25) is 5.91 Å². The number of carbonyl (C=O) groups excluding carboxylic acids is 1. The average Bonchev–Trinajstić information content (AvgIpc) is 2.65. The molecule has 1 aliphatic rings. The Morgan fingerprint density at radius 1 is 1.47 bits per heavy atom. The van der Waals surface area contributed by atoms with Crippen LogP contribution in [-0.4, -0.2) is 17.0 Å². The molecule has 1 aliphatic carbocycles. The Labute approximate surface area is 104 Å². The second kappa shape index (κ2) is 4.14. The standard InChI is InChI=1S/C12H15NO3S/c1-12(2)8(9(12)11(15)16)10(14)13-5-7-3-4-17-6-7/h3-4,6,8-9H,5H2,1-2H3,(H,13,14)(H,15,16)/t8-,9+/m1/s1. The molecule has 0 aliphatic heterocycles. The van der Waals surface area contributed by atoms with E-state index in [1.165, 1.54) is 0 Å². The molecule has 5 heteroatoms. The van der Waals surface area contributed by atoms with E-state index in [9.17, 15) is 9.59 Å². The highest BCUT2D eigenvalue weighted by atomic mass is 32.1. The normalized spacial score (nSPS) is 25.3. The second-order valence-electron chi connectivity index (χ2n) is 4.96. The lowest BCUT2D eigenvalue weighted by Crippen LogP contribution is -2.26. The first-order valence-electron chi connectivity index (χ1n) is 5.46. The van der Waals surface area contributed by atoms with E-state index in [2.05, 4.69) is 5.32 Å². The molecular weight excluding hydrogens is 238 g/mol. The molecule has 1 aromatic rings. The Hall–Kier alpha value is -1.36. The molecule has 1 aromatic heterocycles. The summed E-state index contributed by atoms with van der Waals surface area (Å²) < 4.78 is 0. The van der Waals surface area contributed by atoms with Crippen molar-refractivity contribution in [3.8, 4) is 0 Å². The maximum Gasteiger partial charge on any atom is 0.307 e. The van der Waals surface area contributed by atoms with Crippen LogP contribution in [-0.2, 0) is 16.1 Å². The molecule has 17 heavy (non-hydrogen) atoms. The van der Waals surface area contributed by atoms with Crippen molar-refractivity contribution in [1.82, 2.24) is 5.32 Å². The van der Waals surface area contributed by atoms with Gasteiger partial charge in [-0.3, -0.25) is 9.59 Å². The first-order valence-corrected chi connectivity index (χ1v) is 6.40.